The Labute approximate surface area is 108 Å². The normalized spacial score (nSPS) is 10.7. The molecule has 4 heteroatoms. The van der Waals surface area contributed by atoms with Crippen molar-refractivity contribution in [2.75, 3.05) is 7.11 Å². The van der Waals surface area contributed by atoms with E-state index in [-0.39, 0.29) is 5.97 Å². The Morgan fingerprint density at radius 3 is 2.67 bits per heavy atom. The lowest BCUT2D eigenvalue weighted by atomic mass is 10.1. The maximum absolute atomic E-state index is 11.4. The molecule has 90 valence electrons. The highest BCUT2D eigenvalue weighted by molar-refractivity contribution is 7.20. The summed E-state index contributed by atoms with van der Waals surface area (Å²) in [5.74, 6) is -0.286. The number of rotatable bonds is 2. The highest BCUT2D eigenvalue weighted by atomic mass is 32.1. The molecule has 1 N–H and O–H groups in total. The maximum atomic E-state index is 11.4. The Hall–Kier alpha value is -2.07. The first kappa shape index (κ1) is 11.0. The molecule has 0 amide bonds. The van der Waals surface area contributed by atoms with Gasteiger partial charge in [-0.2, -0.15) is 0 Å². The summed E-state index contributed by atoms with van der Waals surface area (Å²) >= 11 is 1.42. The third-order valence-corrected chi connectivity index (χ3v) is 3.83. The van der Waals surface area contributed by atoms with E-state index in [1.165, 1.54) is 18.4 Å². The van der Waals surface area contributed by atoms with Crippen LogP contribution in [-0.4, -0.2) is 18.1 Å². The minimum absolute atomic E-state index is 0.286. The molecule has 2 heterocycles. The van der Waals surface area contributed by atoms with Crippen molar-refractivity contribution in [3.63, 3.8) is 0 Å². The van der Waals surface area contributed by atoms with E-state index in [2.05, 4.69) is 17.1 Å². The zero-order valence-electron chi connectivity index (χ0n) is 9.77. The summed E-state index contributed by atoms with van der Waals surface area (Å²) in [6, 6.07) is 14.0. The van der Waals surface area contributed by atoms with Crippen molar-refractivity contribution < 1.29 is 9.53 Å². The first-order valence-corrected chi connectivity index (χ1v) is 6.36. The van der Waals surface area contributed by atoms with Gasteiger partial charge in [-0.25, -0.2) is 4.79 Å². The number of fused-ring (bicyclic) bond motifs is 1. The van der Waals surface area contributed by atoms with Crippen LogP contribution in [-0.2, 0) is 4.74 Å². The number of esters is 1. The summed E-state index contributed by atoms with van der Waals surface area (Å²) in [5, 5.41) is 1.04. The number of hydrogen-bond donors (Lipinski definition) is 1. The average Bonchev–Trinajstić information content (AvgIpc) is 2.97. The first-order chi connectivity index (χ1) is 8.78. The number of thiophene rings is 1. The highest BCUT2D eigenvalue weighted by Crippen LogP contribution is 2.30. The van der Waals surface area contributed by atoms with E-state index in [1.807, 2.05) is 30.3 Å². The fourth-order valence-electron chi connectivity index (χ4n) is 1.90. The fourth-order valence-corrected chi connectivity index (χ4v) is 2.87. The van der Waals surface area contributed by atoms with Crippen molar-refractivity contribution in [3.8, 4) is 11.3 Å². The molecule has 3 rings (SSSR count). The van der Waals surface area contributed by atoms with Crippen molar-refractivity contribution >= 4 is 27.5 Å². The van der Waals surface area contributed by atoms with Crippen LogP contribution in [0.5, 0.6) is 0 Å². The summed E-state index contributed by atoms with van der Waals surface area (Å²) in [5.41, 5.74) is 2.20. The molecule has 0 spiro atoms. The van der Waals surface area contributed by atoms with Gasteiger partial charge in [-0.3, -0.25) is 0 Å². The molecule has 0 saturated carbocycles. The fraction of sp³-hybridized carbons (Fsp3) is 0.0714. The molecular formula is C14H11NO2S. The molecule has 0 bridgehead atoms. The minimum Gasteiger partial charge on any atom is -0.465 e. The van der Waals surface area contributed by atoms with E-state index in [0.717, 1.165) is 21.5 Å². The molecule has 0 saturated heterocycles. The van der Waals surface area contributed by atoms with E-state index < -0.39 is 0 Å². The standard InChI is InChI=1S/C14H11NO2S/c1-17-14(16)12-8-10-7-11(15-13(10)18-12)9-5-3-2-4-6-9/h2-8,15H,1H3. The Morgan fingerprint density at radius 1 is 1.22 bits per heavy atom. The first-order valence-electron chi connectivity index (χ1n) is 5.54. The quantitative estimate of drug-likeness (QED) is 0.711. The van der Waals surface area contributed by atoms with Crippen LogP contribution in [0.1, 0.15) is 9.67 Å². The zero-order chi connectivity index (χ0) is 12.5. The van der Waals surface area contributed by atoms with Crippen LogP contribution in [0.3, 0.4) is 0 Å². The van der Waals surface area contributed by atoms with E-state index in [9.17, 15) is 4.79 Å². The number of carbonyl (C=O) groups excluding carboxylic acids is 1. The molecule has 2 aromatic heterocycles. The Kier molecular flexibility index (Phi) is 2.64. The second kappa shape index (κ2) is 4.31. The second-order valence-corrected chi connectivity index (χ2v) is 4.99. The Morgan fingerprint density at radius 2 is 2.00 bits per heavy atom. The Balaban J connectivity index is 2.04. The lowest BCUT2D eigenvalue weighted by molar-refractivity contribution is 0.0606. The van der Waals surface area contributed by atoms with Gasteiger partial charge in [-0.05, 0) is 17.7 Å². The Bertz CT molecular complexity index is 665. The maximum Gasteiger partial charge on any atom is 0.348 e. The van der Waals surface area contributed by atoms with Crippen molar-refractivity contribution in [1.82, 2.24) is 4.98 Å². The largest absolute Gasteiger partial charge is 0.465 e. The van der Waals surface area contributed by atoms with Gasteiger partial charge < -0.3 is 9.72 Å². The van der Waals surface area contributed by atoms with E-state index >= 15 is 0 Å². The summed E-state index contributed by atoms with van der Waals surface area (Å²) in [7, 11) is 1.39. The predicted molar refractivity (Wildman–Crippen MR) is 73.0 cm³/mol. The molecule has 3 aromatic rings. The lowest BCUT2D eigenvalue weighted by Gasteiger charge is -1.96. The molecule has 0 aliphatic carbocycles. The van der Waals surface area contributed by atoms with Gasteiger partial charge >= 0.3 is 5.97 Å². The van der Waals surface area contributed by atoms with Crippen LogP contribution in [0.2, 0.25) is 0 Å². The van der Waals surface area contributed by atoms with Gasteiger partial charge in [0.1, 0.15) is 9.71 Å². The molecule has 0 aliphatic heterocycles. The number of aromatic nitrogens is 1. The monoisotopic (exact) mass is 257 g/mol. The number of ether oxygens (including phenoxy) is 1. The number of hydrogen-bond acceptors (Lipinski definition) is 3. The van der Waals surface area contributed by atoms with Crippen LogP contribution in [0.15, 0.2) is 42.5 Å². The number of nitrogens with one attached hydrogen (secondary N) is 1. The average molecular weight is 257 g/mol. The smallest absolute Gasteiger partial charge is 0.348 e. The van der Waals surface area contributed by atoms with Gasteiger partial charge in [0.15, 0.2) is 0 Å². The molecule has 3 nitrogen and oxygen atoms in total. The van der Waals surface area contributed by atoms with Crippen LogP contribution in [0.4, 0.5) is 0 Å². The van der Waals surface area contributed by atoms with Crippen LogP contribution in [0, 0.1) is 0 Å². The number of aromatic amines is 1. The molecule has 0 fully saturated rings. The molecule has 0 unspecified atom stereocenters. The molecule has 0 radical (unpaired) electrons. The van der Waals surface area contributed by atoms with Gasteiger partial charge in [-0.15, -0.1) is 11.3 Å². The van der Waals surface area contributed by atoms with Crippen LogP contribution in [0.25, 0.3) is 21.5 Å². The number of benzene rings is 1. The van der Waals surface area contributed by atoms with Crippen molar-refractivity contribution in [1.29, 1.82) is 0 Å². The van der Waals surface area contributed by atoms with E-state index in [1.54, 1.807) is 0 Å². The minimum atomic E-state index is -0.286. The zero-order valence-corrected chi connectivity index (χ0v) is 10.6. The second-order valence-electron chi connectivity index (χ2n) is 3.94. The van der Waals surface area contributed by atoms with Crippen LogP contribution < -0.4 is 0 Å². The molecular weight excluding hydrogens is 246 g/mol. The summed E-state index contributed by atoms with van der Waals surface area (Å²) in [4.78, 5) is 16.4. The SMILES string of the molecule is COC(=O)c1cc2cc(-c3ccccc3)[nH]c2s1. The molecule has 0 aliphatic rings. The third-order valence-electron chi connectivity index (χ3n) is 2.78. The van der Waals surface area contributed by atoms with Gasteiger partial charge in [0.05, 0.1) is 7.11 Å². The number of H-pyrrole nitrogens is 1. The van der Waals surface area contributed by atoms with E-state index in [4.69, 9.17) is 4.74 Å². The highest BCUT2D eigenvalue weighted by Gasteiger charge is 2.12. The third kappa shape index (κ3) is 1.80. The van der Waals surface area contributed by atoms with Crippen LogP contribution >= 0.6 is 11.3 Å². The van der Waals surface area contributed by atoms with Crippen molar-refractivity contribution in [2.45, 2.75) is 0 Å². The molecule has 18 heavy (non-hydrogen) atoms. The topological polar surface area (TPSA) is 42.1 Å². The lowest BCUT2D eigenvalue weighted by Crippen LogP contribution is -1.96. The van der Waals surface area contributed by atoms with Crippen molar-refractivity contribution in [3.05, 3.63) is 47.3 Å². The van der Waals surface area contributed by atoms with Gasteiger partial charge in [-0.1, -0.05) is 30.3 Å². The number of methoxy groups -OCH3 is 1. The van der Waals surface area contributed by atoms with E-state index in [0.29, 0.717) is 4.88 Å². The van der Waals surface area contributed by atoms with Gasteiger partial charge in [0, 0.05) is 11.1 Å². The number of carbonyl (C=O) groups is 1. The van der Waals surface area contributed by atoms with Crippen molar-refractivity contribution in [2.24, 2.45) is 0 Å². The van der Waals surface area contributed by atoms with Gasteiger partial charge in [0.2, 0.25) is 0 Å². The van der Waals surface area contributed by atoms with Gasteiger partial charge in [0.25, 0.3) is 0 Å². The summed E-state index contributed by atoms with van der Waals surface area (Å²) in [6.07, 6.45) is 0. The predicted octanol–water partition coefficient (Wildman–Crippen LogP) is 3.68. The summed E-state index contributed by atoms with van der Waals surface area (Å²) in [6.45, 7) is 0. The molecule has 1 aromatic carbocycles. The summed E-state index contributed by atoms with van der Waals surface area (Å²) < 4.78 is 4.71. The molecule has 0 atom stereocenters.